The van der Waals surface area contributed by atoms with Crippen molar-refractivity contribution in [3.63, 3.8) is 0 Å². The Morgan fingerprint density at radius 1 is 1.05 bits per heavy atom. The van der Waals surface area contributed by atoms with Gasteiger partial charge in [-0.1, -0.05) is 51.7 Å². The van der Waals surface area contributed by atoms with Crippen LogP contribution in [0.2, 0.25) is 0 Å². The van der Waals surface area contributed by atoms with E-state index in [1.54, 1.807) is 0 Å². The second-order valence-corrected chi connectivity index (χ2v) is 9.20. The monoisotopic (exact) mass is 286 g/mol. The Balaban J connectivity index is 1.70. The van der Waals surface area contributed by atoms with Crippen LogP contribution in [0.15, 0.2) is 11.6 Å². The van der Waals surface area contributed by atoms with Gasteiger partial charge in [0.25, 0.3) is 0 Å². The average Bonchev–Trinajstić information content (AvgIpc) is 2.83. The van der Waals surface area contributed by atoms with E-state index in [2.05, 4.69) is 26.8 Å². The highest BCUT2D eigenvalue weighted by Gasteiger charge is 2.55. The third-order valence-electron chi connectivity index (χ3n) is 8.63. The zero-order chi connectivity index (χ0) is 14.7. The van der Waals surface area contributed by atoms with Gasteiger partial charge >= 0.3 is 0 Å². The van der Waals surface area contributed by atoms with Crippen LogP contribution in [0.25, 0.3) is 0 Å². The van der Waals surface area contributed by atoms with E-state index in [1.165, 1.54) is 64.2 Å². The Hall–Kier alpha value is -0.260. The molecule has 0 radical (unpaired) electrons. The molecule has 4 aliphatic rings. The first-order valence-corrected chi connectivity index (χ1v) is 9.80. The molecule has 0 amide bonds. The van der Waals surface area contributed by atoms with Gasteiger partial charge in [-0.3, -0.25) is 0 Å². The van der Waals surface area contributed by atoms with Gasteiger partial charge in [0.05, 0.1) is 0 Å². The molecule has 4 aliphatic carbocycles. The minimum atomic E-state index is 0.590. The van der Waals surface area contributed by atoms with Gasteiger partial charge in [0.15, 0.2) is 0 Å². The molecule has 0 aromatic rings. The molecule has 0 aromatic heterocycles. The van der Waals surface area contributed by atoms with Gasteiger partial charge in [-0.2, -0.15) is 0 Å². The smallest absolute Gasteiger partial charge is 0.00853 e. The molecule has 0 saturated heterocycles. The lowest BCUT2D eigenvalue weighted by Gasteiger charge is -2.56. The largest absolute Gasteiger partial charge is 0.0839 e. The van der Waals surface area contributed by atoms with Crippen LogP contribution in [0.4, 0.5) is 0 Å². The van der Waals surface area contributed by atoms with Gasteiger partial charge in [-0.25, -0.2) is 0 Å². The van der Waals surface area contributed by atoms with E-state index in [-0.39, 0.29) is 0 Å². The van der Waals surface area contributed by atoms with Gasteiger partial charge in [-0.05, 0) is 79.4 Å². The quantitative estimate of drug-likeness (QED) is 0.492. The highest BCUT2D eigenvalue weighted by atomic mass is 14.6. The molecule has 0 unspecified atom stereocenters. The van der Waals surface area contributed by atoms with Gasteiger partial charge in [0.2, 0.25) is 0 Å². The average molecular weight is 287 g/mol. The van der Waals surface area contributed by atoms with Gasteiger partial charge < -0.3 is 0 Å². The number of rotatable bonds is 1. The molecule has 4 rings (SSSR count). The van der Waals surface area contributed by atoms with Crippen LogP contribution in [0.5, 0.6) is 0 Å². The van der Waals surface area contributed by atoms with Crippen LogP contribution >= 0.6 is 0 Å². The second-order valence-electron chi connectivity index (χ2n) is 9.20. The fourth-order valence-electron chi connectivity index (χ4n) is 7.33. The standard InChI is InChI=1S/C21H34/c1-4-15-9-11-18-17-10-8-16-7-5-6-13-20(16,2)19(17)12-14-21(15,18)3/h12,15-18H,4-11,13-14H2,1-3H3/t15-,16+,17-,18-,20-,21+/m0/s1. The van der Waals surface area contributed by atoms with E-state index in [0.717, 1.165) is 23.7 Å². The van der Waals surface area contributed by atoms with Crippen molar-refractivity contribution >= 4 is 0 Å². The molecule has 21 heavy (non-hydrogen) atoms. The zero-order valence-corrected chi connectivity index (χ0v) is 14.5. The first-order chi connectivity index (χ1) is 10.1. The molecule has 0 heteroatoms. The predicted molar refractivity (Wildman–Crippen MR) is 90.1 cm³/mol. The molecule has 0 bridgehead atoms. The maximum Gasteiger partial charge on any atom is -0.00853 e. The summed E-state index contributed by atoms with van der Waals surface area (Å²) in [6.45, 7) is 7.71. The summed E-state index contributed by atoms with van der Waals surface area (Å²) >= 11 is 0. The summed E-state index contributed by atoms with van der Waals surface area (Å²) in [6.07, 6.45) is 17.6. The van der Waals surface area contributed by atoms with E-state index < -0.39 is 0 Å². The Kier molecular flexibility index (Phi) is 3.32. The van der Waals surface area contributed by atoms with Gasteiger partial charge in [0, 0.05) is 0 Å². The lowest BCUT2D eigenvalue weighted by Crippen LogP contribution is -2.46. The maximum absolute atomic E-state index is 2.77. The van der Waals surface area contributed by atoms with Crippen molar-refractivity contribution in [1.82, 2.24) is 0 Å². The lowest BCUT2D eigenvalue weighted by molar-refractivity contribution is 0.0297. The summed E-state index contributed by atoms with van der Waals surface area (Å²) in [7, 11) is 0. The first kappa shape index (κ1) is 14.3. The fraction of sp³-hybridized carbons (Fsp3) is 0.905. The molecular weight excluding hydrogens is 252 g/mol. The topological polar surface area (TPSA) is 0 Å². The second kappa shape index (κ2) is 4.87. The van der Waals surface area contributed by atoms with E-state index in [0.29, 0.717) is 10.8 Å². The highest BCUT2D eigenvalue weighted by Crippen LogP contribution is 2.65. The minimum Gasteiger partial charge on any atom is -0.0839 e. The van der Waals surface area contributed by atoms with Crippen molar-refractivity contribution in [2.24, 2.45) is 34.5 Å². The molecule has 0 N–H and O–H groups in total. The Morgan fingerprint density at radius 3 is 2.71 bits per heavy atom. The summed E-state index contributed by atoms with van der Waals surface area (Å²) in [5.41, 5.74) is 3.17. The summed E-state index contributed by atoms with van der Waals surface area (Å²) < 4.78 is 0. The van der Waals surface area contributed by atoms with E-state index >= 15 is 0 Å². The summed E-state index contributed by atoms with van der Waals surface area (Å²) in [4.78, 5) is 0. The van der Waals surface area contributed by atoms with Gasteiger partial charge in [-0.15, -0.1) is 0 Å². The van der Waals surface area contributed by atoms with E-state index in [9.17, 15) is 0 Å². The third kappa shape index (κ3) is 1.86. The minimum absolute atomic E-state index is 0.590. The van der Waals surface area contributed by atoms with E-state index in [1.807, 2.05) is 5.57 Å². The van der Waals surface area contributed by atoms with E-state index in [4.69, 9.17) is 0 Å². The number of fused-ring (bicyclic) bond motifs is 5. The fourth-order valence-corrected chi connectivity index (χ4v) is 7.33. The van der Waals surface area contributed by atoms with Crippen molar-refractivity contribution < 1.29 is 0 Å². The van der Waals surface area contributed by atoms with Crippen LogP contribution in [-0.2, 0) is 0 Å². The Labute approximate surface area is 131 Å². The summed E-state index contributed by atoms with van der Waals surface area (Å²) in [5.74, 6) is 3.99. The molecule has 3 saturated carbocycles. The number of hydrogen-bond acceptors (Lipinski definition) is 0. The zero-order valence-electron chi connectivity index (χ0n) is 14.5. The molecule has 118 valence electrons. The molecule has 0 aliphatic heterocycles. The van der Waals surface area contributed by atoms with Crippen LogP contribution in [0, 0.1) is 34.5 Å². The van der Waals surface area contributed by atoms with Gasteiger partial charge in [0.1, 0.15) is 0 Å². The van der Waals surface area contributed by atoms with Crippen molar-refractivity contribution in [2.45, 2.75) is 85.0 Å². The predicted octanol–water partition coefficient (Wildman–Crippen LogP) is 6.37. The lowest BCUT2D eigenvalue weighted by atomic mass is 9.49. The molecule has 6 atom stereocenters. The molecule has 0 heterocycles. The molecule has 0 aromatic carbocycles. The third-order valence-corrected chi connectivity index (χ3v) is 8.63. The molecule has 0 spiro atoms. The Bertz CT molecular complexity index is 447. The SMILES string of the molecule is CC[C@H]1CC[C@H]2[C@@H]3CC[C@H]4CCCC[C@]4(C)C3=CC[C@]12C. The van der Waals surface area contributed by atoms with Crippen molar-refractivity contribution in [1.29, 1.82) is 0 Å². The van der Waals surface area contributed by atoms with Crippen molar-refractivity contribution in [3.8, 4) is 0 Å². The van der Waals surface area contributed by atoms with Crippen molar-refractivity contribution in [2.75, 3.05) is 0 Å². The molecular formula is C21H34. The van der Waals surface area contributed by atoms with Crippen molar-refractivity contribution in [3.05, 3.63) is 11.6 Å². The molecule has 0 nitrogen and oxygen atoms in total. The van der Waals surface area contributed by atoms with Crippen LogP contribution < -0.4 is 0 Å². The van der Waals surface area contributed by atoms with Crippen LogP contribution in [0.3, 0.4) is 0 Å². The summed E-state index contributed by atoms with van der Waals surface area (Å²) in [5, 5.41) is 0. The number of hydrogen-bond donors (Lipinski definition) is 0. The van der Waals surface area contributed by atoms with Crippen LogP contribution in [-0.4, -0.2) is 0 Å². The maximum atomic E-state index is 2.77. The normalized spacial score (nSPS) is 52.6. The number of allylic oxidation sites excluding steroid dienone is 2. The van der Waals surface area contributed by atoms with Crippen LogP contribution in [0.1, 0.15) is 85.0 Å². The first-order valence-electron chi connectivity index (χ1n) is 9.80. The molecule has 3 fully saturated rings. The Morgan fingerprint density at radius 2 is 1.90 bits per heavy atom. The highest BCUT2D eigenvalue weighted by molar-refractivity contribution is 5.28. The summed E-state index contributed by atoms with van der Waals surface area (Å²) in [6, 6.07) is 0.